The normalized spacial score (nSPS) is 34.8. The molecule has 33 heavy (non-hydrogen) atoms. The van der Waals surface area contributed by atoms with Crippen molar-refractivity contribution in [3.05, 3.63) is 25.3 Å². The molecule has 2 amide bonds. The Hall–Kier alpha value is -2.19. The smallest absolute Gasteiger partial charge is 0.313 e. The average molecular weight is 463 g/mol. The number of aliphatic hydroxyl groups is 1. The van der Waals surface area contributed by atoms with E-state index in [1.165, 1.54) is 11.0 Å². The highest BCUT2D eigenvalue weighted by Gasteiger charge is 2.80. The summed E-state index contributed by atoms with van der Waals surface area (Å²) in [6.07, 6.45) is 3.97. The molecule has 6 atom stereocenters. The minimum atomic E-state index is -1.12. The zero-order valence-electron chi connectivity index (χ0n) is 20.5. The Balaban J connectivity index is 2.12. The molecule has 0 aliphatic carbocycles. The first kappa shape index (κ1) is 25.4. The van der Waals surface area contributed by atoms with E-state index >= 15 is 0 Å². The summed E-state index contributed by atoms with van der Waals surface area (Å²) in [6, 6.07) is -0.887. The van der Waals surface area contributed by atoms with Crippen LogP contribution in [0.5, 0.6) is 0 Å². The molecule has 0 aromatic carbocycles. The summed E-state index contributed by atoms with van der Waals surface area (Å²) in [5, 5.41) is 9.45. The Kier molecular flexibility index (Phi) is 6.84. The van der Waals surface area contributed by atoms with Crippen LogP contribution in [0.1, 0.15) is 47.5 Å². The van der Waals surface area contributed by atoms with Crippen LogP contribution in [0.2, 0.25) is 0 Å². The van der Waals surface area contributed by atoms with Crippen molar-refractivity contribution in [3.63, 3.8) is 0 Å². The Morgan fingerprint density at radius 1 is 1.33 bits per heavy atom. The van der Waals surface area contributed by atoms with Gasteiger partial charge in [-0.3, -0.25) is 14.4 Å². The molecule has 3 saturated heterocycles. The maximum absolute atomic E-state index is 14.1. The second-order valence-electron chi connectivity index (χ2n) is 10.6. The van der Waals surface area contributed by atoms with Gasteiger partial charge in [0.1, 0.15) is 24.2 Å². The third-order valence-electron chi connectivity index (χ3n) is 7.59. The first-order valence-corrected chi connectivity index (χ1v) is 11.7. The molecule has 8 heteroatoms. The summed E-state index contributed by atoms with van der Waals surface area (Å²) in [6.45, 7) is 17.5. The van der Waals surface area contributed by atoms with Gasteiger partial charge in [0.05, 0.1) is 11.5 Å². The second-order valence-corrected chi connectivity index (χ2v) is 10.6. The number of nitrogens with zero attached hydrogens (tertiary/aromatic N) is 2. The number of carbonyl (C=O) groups is 3. The third kappa shape index (κ3) is 3.81. The molecule has 3 rings (SSSR count). The predicted molar refractivity (Wildman–Crippen MR) is 123 cm³/mol. The van der Waals surface area contributed by atoms with Gasteiger partial charge < -0.3 is 24.4 Å². The first-order chi connectivity index (χ1) is 15.4. The van der Waals surface area contributed by atoms with Crippen LogP contribution in [0.4, 0.5) is 0 Å². The molecule has 0 radical (unpaired) electrons. The lowest BCUT2D eigenvalue weighted by atomic mass is 9.62. The molecule has 3 aliphatic rings. The Morgan fingerprint density at radius 2 is 2.00 bits per heavy atom. The summed E-state index contributed by atoms with van der Waals surface area (Å²) in [5.41, 5.74) is -2.55. The van der Waals surface area contributed by atoms with E-state index in [1.807, 2.05) is 34.6 Å². The maximum Gasteiger partial charge on any atom is 0.313 e. The van der Waals surface area contributed by atoms with Gasteiger partial charge in [-0.05, 0) is 46.5 Å². The minimum Gasteiger partial charge on any atom is -0.461 e. The SMILES string of the molecule is C=CCOC(=O)[C@@H]1[C@H]2C(=O)N(CCCO)C(C(=O)N(CC=C)C(C)(C)C)C23CC(C)[C@@]1(C)O3. The molecule has 3 aliphatic heterocycles. The van der Waals surface area contributed by atoms with Crippen molar-refractivity contribution in [3.8, 4) is 0 Å². The number of hydrogen-bond acceptors (Lipinski definition) is 6. The van der Waals surface area contributed by atoms with Crippen molar-refractivity contribution in [1.29, 1.82) is 0 Å². The predicted octanol–water partition coefficient (Wildman–Crippen LogP) is 1.92. The molecule has 2 bridgehead atoms. The molecule has 8 nitrogen and oxygen atoms in total. The number of ether oxygens (including phenoxy) is 2. The van der Waals surface area contributed by atoms with Gasteiger partial charge in [-0.2, -0.15) is 0 Å². The summed E-state index contributed by atoms with van der Waals surface area (Å²) in [4.78, 5) is 44.3. The quantitative estimate of drug-likeness (QED) is 0.415. The fraction of sp³-hybridized carbons (Fsp3) is 0.720. The molecule has 0 saturated carbocycles. The number of likely N-dealkylation sites (tertiary alicyclic amines) is 1. The van der Waals surface area contributed by atoms with Gasteiger partial charge in [0.2, 0.25) is 11.8 Å². The van der Waals surface area contributed by atoms with Gasteiger partial charge in [0.25, 0.3) is 0 Å². The molecular formula is C25H38N2O6. The second kappa shape index (κ2) is 8.87. The van der Waals surface area contributed by atoms with Crippen LogP contribution >= 0.6 is 0 Å². The lowest BCUT2D eigenvalue weighted by Gasteiger charge is -2.42. The number of esters is 1. The minimum absolute atomic E-state index is 0.0431. The largest absolute Gasteiger partial charge is 0.461 e. The van der Waals surface area contributed by atoms with Crippen molar-refractivity contribution in [2.75, 3.05) is 26.3 Å². The Labute approximate surface area is 196 Å². The number of rotatable bonds is 9. The van der Waals surface area contributed by atoms with Crippen LogP contribution in [0, 0.1) is 17.8 Å². The van der Waals surface area contributed by atoms with Crippen molar-refractivity contribution >= 4 is 17.8 Å². The number of hydrogen-bond donors (Lipinski definition) is 1. The number of aliphatic hydroxyl groups excluding tert-OH is 1. The van der Waals surface area contributed by atoms with E-state index in [2.05, 4.69) is 13.2 Å². The van der Waals surface area contributed by atoms with Crippen LogP contribution in [-0.2, 0) is 23.9 Å². The Bertz CT molecular complexity index is 835. The average Bonchev–Trinajstić information content (AvgIpc) is 3.24. The van der Waals surface area contributed by atoms with Crippen molar-refractivity contribution < 1.29 is 29.0 Å². The van der Waals surface area contributed by atoms with Gasteiger partial charge in [-0.25, -0.2) is 0 Å². The van der Waals surface area contributed by atoms with E-state index in [0.717, 1.165) is 0 Å². The summed E-state index contributed by atoms with van der Waals surface area (Å²) in [7, 11) is 0. The van der Waals surface area contributed by atoms with Crippen molar-refractivity contribution in [1.82, 2.24) is 9.80 Å². The first-order valence-electron chi connectivity index (χ1n) is 11.7. The monoisotopic (exact) mass is 462 g/mol. The molecule has 184 valence electrons. The van der Waals surface area contributed by atoms with Crippen molar-refractivity contribution in [2.24, 2.45) is 17.8 Å². The topological polar surface area (TPSA) is 96.4 Å². The van der Waals surface area contributed by atoms with E-state index in [4.69, 9.17) is 9.47 Å². The number of carbonyl (C=O) groups excluding carboxylic acids is 3. The molecule has 1 spiro atoms. The molecule has 0 aromatic rings. The number of amides is 2. The molecule has 0 aromatic heterocycles. The van der Waals surface area contributed by atoms with E-state index < -0.39 is 40.6 Å². The van der Waals surface area contributed by atoms with Crippen LogP contribution in [-0.4, -0.2) is 81.8 Å². The fourth-order valence-corrected chi connectivity index (χ4v) is 6.06. The highest BCUT2D eigenvalue weighted by atomic mass is 16.6. The molecule has 3 unspecified atom stereocenters. The van der Waals surface area contributed by atoms with Crippen LogP contribution in [0.3, 0.4) is 0 Å². The standard InChI is InChI=1S/C25H38N2O6/c1-8-11-27(23(4,5)6)21(30)19-25-15-16(3)24(7,33-25)18(22(31)32-14-9-2)17(25)20(29)26(19)12-10-13-28/h8-9,16-19,28H,1-2,10-15H2,3-7H3/t16?,17-,18-,19?,24+,25?/m0/s1. The molecule has 3 heterocycles. The lowest BCUT2D eigenvalue weighted by molar-refractivity contribution is -0.162. The highest BCUT2D eigenvalue weighted by Crippen LogP contribution is 2.65. The summed E-state index contributed by atoms with van der Waals surface area (Å²) >= 11 is 0. The fourth-order valence-electron chi connectivity index (χ4n) is 6.06. The third-order valence-corrected chi connectivity index (χ3v) is 7.59. The van der Waals surface area contributed by atoms with E-state index in [0.29, 0.717) is 19.4 Å². The van der Waals surface area contributed by atoms with Crippen molar-refractivity contribution in [2.45, 2.75) is 70.2 Å². The van der Waals surface area contributed by atoms with Gasteiger partial charge >= 0.3 is 5.97 Å². The molecule has 3 fully saturated rings. The van der Waals surface area contributed by atoms with Gasteiger partial charge in [0.15, 0.2) is 0 Å². The lowest BCUT2D eigenvalue weighted by Crippen LogP contribution is -2.60. The van der Waals surface area contributed by atoms with Crippen LogP contribution in [0.15, 0.2) is 25.3 Å². The zero-order valence-corrected chi connectivity index (χ0v) is 20.5. The summed E-state index contributed by atoms with van der Waals surface area (Å²) in [5.74, 6) is -2.70. The highest BCUT2D eigenvalue weighted by molar-refractivity contribution is 5.98. The van der Waals surface area contributed by atoms with E-state index in [1.54, 1.807) is 11.0 Å². The van der Waals surface area contributed by atoms with Gasteiger partial charge in [0, 0.05) is 25.2 Å². The van der Waals surface area contributed by atoms with Gasteiger partial charge in [-0.1, -0.05) is 25.7 Å². The van der Waals surface area contributed by atoms with E-state index in [9.17, 15) is 19.5 Å². The number of fused-ring (bicyclic) bond motifs is 1. The molecule has 1 N–H and O–H groups in total. The van der Waals surface area contributed by atoms with Crippen LogP contribution in [0.25, 0.3) is 0 Å². The van der Waals surface area contributed by atoms with Gasteiger partial charge in [-0.15, -0.1) is 6.58 Å². The maximum atomic E-state index is 14.1. The molecular weight excluding hydrogens is 424 g/mol. The Morgan fingerprint density at radius 3 is 2.55 bits per heavy atom. The van der Waals surface area contributed by atoms with Crippen LogP contribution < -0.4 is 0 Å². The van der Waals surface area contributed by atoms with E-state index in [-0.39, 0.29) is 37.5 Å². The zero-order chi connectivity index (χ0) is 24.8. The summed E-state index contributed by atoms with van der Waals surface area (Å²) < 4.78 is 12.0.